The Kier molecular flexibility index (Phi) is 15.7. The monoisotopic (exact) mass is 959 g/mol. The van der Waals surface area contributed by atoms with E-state index in [0.717, 1.165) is 117 Å². The van der Waals surface area contributed by atoms with Gasteiger partial charge in [0.15, 0.2) is 0 Å². The first-order valence-corrected chi connectivity index (χ1v) is 25.1. The molecule has 0 radical (unpaired) electrons. The van der Waals surface area contributed by atoms with Crippen LogP contribution in [-0.2, 0) is 12.8 Å². The number of unbranched alkanes of at least 4 members (excludes halogenated alkanes) is 2. The highest BCUT2D eigenvalue weighted by Gasteiger charge is 2.34. The lowest BCUT2D eigenvalue weighted by Crippen LogP contribution is -2.62. The molecule has 0 unspecified atom stereocenters. The van der Waals surface area contributed by atoms with Crippen LogP contribution >= 0.6 is 0 Å². The van der Waals surface area contributed by atoms with Crippen LogP contribution in [0.4, 0.5) is 20.2 Å². The van der Waals surface area contributed by atoms with Crippen LogP contribution in [0.1, 0.15) is 59.2 Å². The van der Waals surface area contributed by atoms with Gasteiger partial charge in [0.25, 0.3) is 0 Å². The summed E-state index contributed by atoms with van der Waals surface area (Å²) in [4.78, 5) is 49.0. The Morgan fingerprint density at radius 3 is 1.37 bits per heavy atom. The van der Waals surface area contributed by atoms with Crippen LogP contribution in [0, 0.1) is 11.6 Å². The van der Waals surface area contributed by atoms with Gasteiger partial charge in [-0.1, -0.05) is 60.7 Å². The molecule has 6 aromatic rings. The average Bonchev–Trinajstić information content (AvgIpc) is 3.92. The summed E-state index contributed by atoms with van der Waals surface area (Å²) in [7, 11) is 7.27. The van der Waals surface area contributed by atoms with Crippen molar-refractivity contribution >= 4 is 45.3 Å². The molecule has 0 N–H and O–H groups in total. The lowest BCUT2D eigenvalue weighted by Gasteiger charge is -2.47. The van der Waals surface area contributed by atoms with E-state index in [2.05, 4.69) is 77.7 Å². The minimum atomic E-state index is -0.324. The largest absolute Gasteiger partial charge is 0.468 e. The molecule has 0 aliphatic carbocycles. The molecule has 372 valence electrons. The molecule has 4 aliphatic rings. The van der Waals surface area contributed by atoms with Crippen LogP contribution in [-0.4, -0.2) is 169 Å². The number of carbonyl (C=O) groups excluding carboxylic acids is 2. The van der Waals surface area contributed by atoms with Gasteiger partial charge >= 0.3 is 12.0 Å². The van der Waals surface area contributed by atoms with Crippen LogP contribution < -0.4 is 19.3 Å². The second-order valence-corrected chi connectivity index (χ2v) is 19.4. The molecule has 0 atom stereocenters. The van der Waals surface area contributed by atoms with Crippen molar-refractivity contribution in [2.24, 2.45) is 0 Å². The number of aryl methyl sites for hydroxylation is 2. The van der Waals surface area contributed by atoms with Crippen molar-refractivity contribution in [3.05, 3.63) is 108 Å². The number of aromatic nitrogens is 4. The number of halogens is 2. The van der Waals surface area contributed by atoms with Crippen molar-refractivity contribution in [1.82, 2.24) is 38.7 Å². The number of carbonyl (C=O) groups is 2. The van der Waals surface area contributed by atoms with Crippen LogP contribution in [0.25, 0.3) is 22.1 Å². The number of fused-ring (bicyclic) bond motifs is 2. The molecule has 2 aromatic heterocycles. The van der Waals surface area contributed by atoms with Crippen LogP contribution in [0.2, 0.25) is 0 Å². The highest BCUT2D eigenvalue weighted by atomic mass is 19.1. The van der Waals surface area contributed by atoms with Crippen molar-refractivity contribution in [3.63, 3.8) is 0 Å². The Labute approximate surface area is 410 Å². The summed E-state index contributed by atoms with van der Waals surface area (Å²) >= 11 is 0. The van der Waals surface area contributed by atoms with Gasteiger partial charge in [0.05, 0.1) is 47.7 Å². The minimum Gasteiger partial charge on any atom is -0.468 e. The fourth-order valence-electron chi connectivity index (χ4n) is 10.5. The molecule has 0 saturated carbocycles. The highest BCUT2D eigenvalue weighted by molar-refractivity contribution is 5.94. The van der Waals surface area contributed by atoms with Crippen molar-refractivity contribution in [2.45, 2.75) is 63.5 Å². The third kappa shape index (κ3) is 11.1. The molecular formula is C54H68F2N10O4. The predicted octanol–water partition coefficient (Wildman–Crippen LogP) is 7.35. The van der Waals surface area contributed by atoms with Gasteiger partial charge in [0, 0.05) is 116 Å². The Hall–Kier alpha value is -5.94. The number of likely N-dealkylation sites (N-methyl/N-ethyl adjacent to an activating group) is 2. The normalized spacial score (nSPS) is 17.6. The third-order valence-corrected chi connectivity index (χ3v) is 14.6. The summed E-state index contributed by atoms with van der Waals surface area (Å²) in [5.74, 6) is -0.829. The standard InChI is InChI=1S/2C27H34FN5O2/c1-30-18-21(19-30)31-12-14-32(15-13-31)24-17-23-25(16-22(24)28)33(27(29-23)35-2)26(34)11-7-6-10-20-8-4-3-5-9-20;1-30-18-21(19-30)31-12-14-32(15-13-31)24-17-25-23(16-22(24)28)29-27(35-2)33(25)26(34)11-7-6-10-20-8-4-3-5-9-20/h2*3-5,8-9,16-17,21H,6-7,10-15,18-19H2,1-2H3. The molecule has 6 heterocycles. The molecule has 16 heteroatoms. The molecule has 4 fully saturated rings. The lowest BCUT2D eigenvalue weighted by atomic mass is 10.1. The number of rotatable bonds is 16. The van der Waals surface area contributed by atoms with Crippen LogP contribution in [0.5, 0.6) is 12.0 Å². The zero-order valence-electron chi connectivity index (χ0n) is 41.2. The topological polar surface area (TPSA) is 108 Å². The quantitative estimate of drug-likeness (QED) is 0.0907. The van der Waals surface area contributed by atoms with Gasteiger partial charge < -0.3 is 29.1 Å². The summed E-state index contributed by atoms with van der Waals surface area (Å²) in [5.41, 5.74) is 5.71. The molecule has 70 heavy (non-hydrogen) atoms. The van der Waals surface area contributed by atoms with Crippen molar-refractivity contribution in [1.29, 1.82) is 0 Å². The fourth-order valence-corrected chi connectivity index (χ4v) is 10.5. The number of ether oxygens (including phenoxy) is 2. The number of hydrogen-bond acceptors (Lipinski definition) is 12. The summed E-state index contributed by atoms with van der Waals surface area (Å²) in [6.45, 7) is 11.2. The summed E-state index contributed by atoms with van der Waals surface area (Å²) in [6.07, 6.45) is 5.96. The zero-order valence-corrected chi connectivity index (χ0v) is 41.2. The first kappa shape index (κ1) is 49.1. The zero-order chi connectivity index (χ0) is 48.7. The van der Waals surface area contributed by atoms with Crippen LogP contribution in [0.3, 0.4) is 0 Å². The van der Waals surface area contributed by atoms with Gasteiger partial charge in [0.1, 0.15) is 11.6 Å². The Morgan fingerprint density at radius 1 is 0.543 bits per heavy atom. The van der Waals surface area contributed by atoms with Gasteiger partial charge in [0.2, 0.25) is 11.8 Å². The summed E-state index contributed by atoms with van der Waals surface area (Å²) in [5, 5.41) is 0. The number of benzene rings is 4. The van der Waals surface area contributed by atoms with E-state index in [-0.39, 0.29) is 35.5 Å². The number of anilines is 2. The van der Waals surface area contributed by atoms with Crippen LogP contribution in [0.15, 0.2) is 84.9 Å². The van der Waals surface area contributed by atoms with E-state index in [1.165, 1.54) is 46.6 Å². The molecule has 4 aromatic carbocycles. The maximum Gasteiger partial charge on any atom is 0.304 e. The molecule has 14 nitrogen and oxygen atoms in total. The molecular weight excluding hydrogens is 891 g/mol. The lowest BCUT2D eigenvalue weighted by molar-refractivity contribution is 0.0487. The Balaban J connectivity index is 0.000000174. The van der Waals surface area contributed by atoms with Gasteiger partial charge in [-0.25, -0.2) is 17.9 Å². The minimum absolute atomic E-state index is 0.0751. The van der Waals surface area contributed by atoms with E-state index in [0.29, 0.717) is 58.4 Å². The smallest absolute Gasteiger partial charge is 0.304 e. The van der Waals surface area contributed by atoms with E-state index >= 15 is 8.78 Å². The molecule has 4 saturated heterocycles. The number of hydrogen-bond donors (Lipinski definition) is 0. The van der Waals surface area contributed by atoms with Gasteiger partial charge in [-0.3, -0.25) is 19.4 Å². The number of piperazine rings is 2. The Bertz CT molecular complexity index is 2700. The second-order valence-electron chi connectivity index (χ2n) is 19.4. The fraction of sp³-hybridized carbons (Fsp3) is 0.481. The first-order valence-electron chi connectivity index (χ1n) is 25.1. The maximum atomic E-state index is 15.3. The molecule has 0 spiro atoms. The number of imidazole rings is 2. The van der Waals surface area contributed by atoms with E-state index in [9.17, 15) is 9.59 Å². The van der Waals surface area contributed by atoms with Crippen molar-refractivity contribution in [2.75, 3.05) is 117 Å². The first-order chi connectivity index (χ1) is 34.1. The van der Waals surface area contributed by atoms with Gasteiger partial charge in [-0.2, -0.15) is 9.97 Å². The Morgan fingerprint density at radius 2 is 0.943 bits per heavy atom. The predicted molar refractivity (Wildman–Crippen MR) is 272 cm³/mol. The molecule has 10 rings (SSSR count). The molecule has 4 aliphatic heterocycles. The van der Waals surface area contributed by atoms with E-state index < -0.39 is 0 Å². The third-order valence-electron chi connectivity index (χ3n) is 14.6. The van der Waals surface area contributed by atoms with E-state index in [4.69, 9.17) is 9.47 Å². The average molecular weight is 959 g/mol. The van der Waals surface area contributed by atoms with Gasteiger partial charge in [-0.05, 0) is 75.9 Å². The highest BCUT2D eigenvalue weighted by Crippen LogP contribution is 2.33. The molecule has 0 bridgehead atoms. The molecule has 0 amide bonds. The summed E-state index contributed by atoms with van der Waals surface area (Å²) in [6, 6.07) is 28.6. The summed E-state index contributed by atoms with van der Waals surface area (Å²) < 4.78 is 44.1. The number of likely N-dealkylation sites (tertiary alicyclic amines) is 2. The van der Waals surface area contributed by atoms with Gasteiger partial charge in [-0.15, -0.1) is 0 Å². The SMILES string of the molecule is COc1nc2cc(F)c(N3CCN(C4CN(C)C4)CC3)cc2n1C(=O)CCCCc1ccccc1.COc1nc2cc(N3CCN(C4CN(C)C4)CC3)c(F)cc2n1C(=O)CCCCc1ccccc1. The van der Waals surface area contributed by atoms with Crippen molar-refractivity contribution in [3.8, 4) is 12.0 Å². The maximum absolute atomic E-state index is 15.3. The second kappa shape index (κ2) is 22.4. The number of methoxy groups -OCH3 is 2. The van der Waals surface area contributed by atoms with E-state index in [1.54, 1.807) is 12.1 Å². The van der Waals surface area contributed by atoms with E-state index in [1.807, 2.05) is 36.4 Å². The van der Waals surface area contributed by atoms with Crippen molar-refractivity contribution < 1.29 is 27.8 Å². The number of nitrogens with zero attached hydrogens (tertiary/aromatic N) is 10.